The van der Waals surface area contributed by atoms with E-state index < -0.39 is 0 Å². The second-order valence-electron chi connectivity index (χ2n) is 9.45. The van der Waals surface area contributed by atoms with Gasteiger partial charge >= 0.3 is 0 Å². The van der Waals surface area contributed by atoms with Gasteiger partial charge in [-0.3, -0.25) is 4.98 Å². The quantitative estimate of drug-likeness (QED) is 0.317. The summed E-state index contributed by atoms with van der Waals surface area (Å²) in [4.78, 5) is 6.98. The van der Waals surface area contributed by atoms with Gasteiger partial charge in [0.25, 0.3) is 0 Å². The van der Waals surface area contributed by atoms with E-state index in [4.69, 9.17) is 17.2 Å². The van der Waals surface area contributed by atoms with Crippen LogP contribution in [-0.4, -0.2) is 14.7 Å². The average Bonchev–Trinajstić information content (AvgIpc) is 3.36. The monoisotopic (exact) mass is 480 g/mol. The lowest BCUT2D eigenvalue weighted by atomic mass is 9.96. The first-order valence-electron chi connectivity index (χ1n) is 12.2. The zero-order chi connectivity index (χ0) is 24.7. The number of hydrogen-bond donors (Lipinski definition) is 1. The molecule has 1 aliphatic rings. The Labute approximate surface area is 213 Å². The molecule has 0 bridgehead atoms. The molecule has 5 rings (SSSR count). The normalized spacial score (nSPS) is 17.6. The molecule has 3 heterocycles. The van der Waals surface area contributed by atoms with Crippen molar-refractivity contribution in [2.45, 2.75) is 53.1 Å². The smallest absolute Gasteiger partial charge is 0.174 e. The van der Waals surface area contributed by atoms with Crippen molar-refractivity contribution in [3.63, 3.8) is 0 Å². The minimum atomic E-state index is -0.0540. The lowest BCUT2D eigenvalue weighted by Crippen LogP contribution is -2.29. The summed E-state index contributed by atoms with van der Waals surface area (Å²) in [5.41, 5.74) is 10.8. The van der Waals surface area contributed by atoms with Crippen LogP contribution >= 0.6 is 12.2 Å². The van der Waals surface area contributed by atoms with Gasteiger partial charge in [0.15, 0.2) is 5.11 Å². The van der Waals surface area contributed by atoms with E-state index in [2.05, 4.69) is 104 Å². The number of rotatable bonds is 5. The molecule has 35 heavy (non-hydrogen) atoms. The van der Waals surface area contributed by atoms with Gasteiger partial charge in [0, 0.05) is 29.0 Å². The minimum Gasteiger partial charge on any atom is -0.351 e. The fourth-order valence-corrected chi connectivity index (χ4v) is 5.54. The summed E-state index contributed by atoms with van der Waals surface area (Å²) in [6, 6.07) is 23.8. The van der Waals surface area contributed by atoms with Crippen molar-refractivity contribution in [2.24, 2.45) is 0 Å². The SMILES string of the molecule is CCc1ccc(-n2c(C)cc([C@@H]3[C@H](c4ccccn4)NC(=S)N3c3ccc(C)c(C)c3)c2C)cc1. The van der Waals surface area contributed by atoms with E-state index in [9.17, 15) is 0 Å². The van der Waals surface area contributed by atoms with Crippen LogP contribution < -0.4 is 10.2 Å². The van der Waals surface area contributed by atoms with Crippen LogP contribution in [0.4, 0.5) is 5.69 Å². The van der Waals surface area contributed by atoms with E-state index in [-0.39, 0.29) is 12.1 Å². The zero-order valence-electron chi connectivity index (χ0n) is 21.0. The molecule has 1 fully saturated rings. The van der Waals surface area contributed by atoms with E-state index in [1.807, 2.05) is 18.3 Å². The van der Waals surface area contributed by atoms with E-state index >= 15 is 0 Å². The zero-order valence-corrected chi connectivity index (χ0v) is 21.9. The van der Waals surface area contributed by atoms with Crippen molar-refractivity contribution in [3.8, 4) is 5.69 Å². The second-order valence-corrected chi connectivity index (χ2v) is 9.83. The maximum Gasteiger partial charge on any atom is 0.174 e. The van der Waals surface area contributed by atoms with Crippen LogP contribution in [0.15, 0.2) is 72.9 Å². The van der Waals surface area contributed by atoms with Gasteiger partial charge in [-0.15, -0.1) is 0 Å². The Balaban J connectivity index is 1.66. The molecular weight excluding hydrogens is 448 g/mol. The fraction of sp³-hybridized carbons (Fsp3) is 0.267. The largest absolute Gasteiger partial charge is 0.351 e. The maximum absolute atomic E-state index is 5.94. The molecule has 4 nitrogen and oxygen atoms in total. The average molecular weight is 481 g/mol. The lowest BCUT2D eigenvalue weighted by Gasteiger charge is -2.28. The molecule has 178 valence electrons. The third kappa shape index (κ3) is 4.14. The van der Waals surface area contributed by atoms with Crippen molar-refractivity contribution in [1.82, 2.24) is 14.9 Å². The van der Waals surface area contributed by atoms with Gasteiger partial charge in [0.05, 0.1) is 17.8 Å². The summed E-state index contributed by atoms with van der Waals surface area (Å²) in [6.45, 7) is 10.9. The Morgan fingerprint density at radius 3 is 2.29 bits per heavy atom. The van der Waals surface area contributed by atoms with Crippen LogP contribution in [0.2, 0.25) is 0 Å². The number of pyridine rings is 1. The van der Waals surface area contributed by atoms with Crippen molar-refractivity contribution < 1.29 is 0 Å². The van der Waals surface area contributed by atoms with Crippen LogP contribution in [0.3, 0.4) is 0 Å². The molecule has 5 heteroatoms. The van der Waals surface area contributed by atoms with Gasteiger partial charge in [-0.1, -0.05) is 31.2 Å². The second kappa shape index (κ2) is 9.31. The highest BCUT2D eigenvalue weighted by molar-refractivity contribution is 7.80. The number of benzene rings is 2. The molecule has 0 aliphatic carbocycles. The highest BCUT2D eigenvalue weighted by Crippen LogP contribution is 2.44. The third-order valence-electron chi connectivity index (χ3n) is 7.26. The molecule has 1 saturated heterocycles. The summed E-state index contributed by atoms with van der Waals surface area (Å²) in [5, 5.41) is 4.33. The van der Waals surface area contributed by atoms with E-state index in [0.717, 1.165) is 22.9 Å². The first-order valence-corrected chi connectivity index (χ1v) is 12.7. The van der Waals surface area contributed by atoms with Gasteiger partial charge in [0.1, 0.15) is 0 Å². The van der Waals surface area contributed by atoms with Crippen molar-refractivity contribution >= 4 is 23.0 Å². The predicted molar refractivity (Wildman–Crippen MR) is 148 cm³/mol. The summed E-state index contributed by atoms with van der Waals surface area (Å²) in [7, 11) is 0. The summed E-state index contributed by atoms with van der Waals surface area (Å²) >= 11 is 5.94. The van der Waals surface area contributed by atoms with Crippen LogP contribution in [0.25, 0.3) is 5.69 Å². The fourth-order valence-electron chi connectivity index (χ4n) is 5.19. The summed E-state index contributed by atoms with van der Waals surface area (Å²) in [6.07, 6.45) is 2.89. The first kappa shape index (κ1) is 23.3. The van der Waals surface area contributed by atoms with Crippen molar-refractivity contribution in [1.29, 1.82) is 0 Å². The van der Waals surface area contributed by atoms with E-state index in [1.54, 1.807) is 0 Å². The molecule has 2 atom stereocenters. The molecule has 4 aromatic rings. The van der Waals surface area contributed by atoms with Crippen molar-refractivity contribution in [3.05, 3.63) is 112 Å². The minimum absolute atomic E-state index is 0.0191. The summed E-state index contributed by atoms with van der Waals surface area (Å²) < 4.78 is 2.35. The maximum atomic E-state index is 5.94. The highest BCUT2D eigenvalue weighted by Gasteiger charge is 2.42. The number of aryl methyl sites for hydroxylation is 4. The first-order chi connectivity index (χ1) is 16.9. The number of nitrogens with zero attached hydrogens (tertiary/aromatic N) is 3. The molecule has 0 unspecified atom stereocenters. The molecule has 0 radical (unpaired) electrons. The number of anilines is 1. The number of nitrogens with one attached hydrogen (secondary N) is 1. The van der Waals surface area contributed by atoms with Crippen LogP contribution in [0.5, 0.6) is 0 Å². The summed E-state index contributed by atoms with van der Waals surface area (Å²) in [5.74, 6) is 0. The Hall–Kier alpha value is -3.44. The van der Waals surface area contributed by atoms with E-state index in [0.29, 0.717) is 0 Å². The van der Waals surface area contributed by atoms with Gasteiger partial charge in [-0.2, -0.15) is 0 Å². The van der Waals surface area contributed by atoms with Crippen LogP contribution in [-0.2, 0) is 6.42 Å². The number of aromatic nitrogens is 2. The molecule has 0 amide bonds. The Bertz CT molecular complexity index is 1370. The molecule has 1 N–H and O–H groups in total. The standard InChI is InChI=1S/C30H32N4S/c1-6-23-11-14-24(15-12-23)33-21(4)18-26(22(33)5)29-28(27-9-7-8-16-31-27)32-30(35)34(29)25-13-10-19(2)20(3)17-25/h7-18,28-29H,6H2,1-5H3,(H,32,35)/t28-,29+/m0/s1. The number of thiocarbonyl (C=S) groups is 1. The van der Waals surface area contributed by atoms with Gasteiger partial charge in [-0.05, 0) is 111 Å². The van der Waals surface area contributed by atoms with Gasteiger partial charge in [-0.25, -0.2) is 0 Å². The lowest BCUT2D eigenvalue weighted by molar-refractivity contribution is 0.565. The molecule has 0 saturated carbocycles. The van der Waals surface area contributed by atoms with Crippen LogP contribution in [0.1, 0.15) is 58.3 Å². The van der Waals surface area contributed by atoms with Crippen molar-refractivity contribution in [2.75, 3.05) is 4.90 Å². The molecule has 0 spiro atoms. The Morgan fingerprint density at radius 1 is 0.886 bits per heavy atom. The Morgan fingerprint density at radius 2 is 1.63 bits per heavy atom. The van der Waals surface area contributed by atoms with Gasteiger partial charge < -0.3 is 14.8 Å². The molecule has 2 aromatic carbocycles. The molecule has 1 aliphatic heterocycles. The third-order valence-corrected chi connectivity index (χ3v) is 7.57. The highest BCUT2D eigenvalue weighted by atomic mass is 32.1. The van der Waals surface area contributed by atoms with E-state index in [1.165, 1.54) is 39.3 Å². The topological polar surface area (TPSA) is 33.1 Å². The van der Waals surface area contributed by atoms with Gasteiger partial charge in [0.2, 0.25) is 0 Å². The number of hydrogen-bond acceptors (Lipinski definition) is 2. The Kier molecular flexibility index (Phi) is 6.20. The molecular formula is C30H32N4S. The predicted octanol–water partition coefficient (Wildman–Crippen LogP) is 6.85. The molecule has 2 aromatic heterocycles. The van der Waals surface area contributed by atoms with Crippen LogP contribution in [0, 0.1) is 27.7 Å².